The summed E-state index contributed by atoms with van der Waals surface area (Å²) >= 11 is 6.18. The van der Waals surface area contributed by atoms with Gasteiger partial charge in [0.1, 0.15) is 12.4 Å². The first-order chi connectivity index (χ1) is 10.5. The molecule has 0 aromatic heterocycles. The lowest BCUT2D eigenvalue weighted by Crippen LogP contribution is -2.37. The van der Waals surface area contributed by atoms with Crippen molar-refractivity contribution in [2.24, 2.45) is 0 Å². The summed E-state index contributed by atoms with van der Waals surface area (Å²) in [6.45, 7) is 7.88. The Morgan fingerprint density at radius 1 is 1.00 bits per heavy atom. The summed E-state index contributed by atoms with van der Waals surface area (Å²) in [7, 11) is 0. The van der Waals surface area contributed by atoms with Gasteiger partial charge in [0.25, 0.3) is 0 Å². The molecule has 0 bridgehead atoms. The molecule has 0 saturated heterocycles. The van der Waals surface area contributed by atoms with Crippen molar-refractivity contribution < 1.29 is 4.74 Å². The molecule has 0 unspecified atom stereocenters. The van der Waals surface area contributed by atoms with E-state index in [0.717, 1.165) is 34.9 Å². The Labute approximate surface area is 138 Å². The highest BCUT2D eigenvalue weighted by Crippen LogP contribution is 2.22. The first-order valence-electron chi connectivity index (χ1n) is 7.71. The van der Waals surface area contributed by atoms with Crippen LogP contribution in [0.5, 0.6) is 5.75 Å². The number of rotatable bonds is 7. The molecule has 0 radical (unpaired) electrons. The number of nitrogens with one attached hydrogen (secondary N) is 1. The average Bonchev–Trinajstić information content (AvgIpc) is 2.53. The zero-order chi connectivity index (χ0) is 16.0. The Morgan fingerprint density at radius 2 is 1.64 bits per heavy atom. The summed E-state index contributed by atoms with van der Waals surface area (Å²) in [5.74, 6) is 0.904. The summed E-state index contributed by atoms with van der Waals surface area (Å²) in [4.78, 5) is 0. The number of benzene rings is 2. The topological polar surface area (TPSA) is 21.3 Å². The van der Waals surface area contributed by atoms with Gasteiger partial charge in [-0.3, -0.25) is 0 Å². The standard InChI is InChI=1S/C19H24ClNO/c1-4-19(2,3)21-13-15-9-6-8-12-18(15)22-14-16-10-5-7-11-17(16)20/h5-12,21H,4,13-14H2,1-3H3. The first kappa shape index (κ1) is 16.9. The minimum absolute atomic E-state index is 0.121. The third-order valence-corrected chi connectivity index (χ3v) is 4.32. The van der Waals surface area contributed by atoms with Crippen LogP contribution in [0.15, 0.2) is 48.5 Å². The smallest absolute Gasteiger partial charge is 0.124 e. The second kappa shape index (κ2) is 7.66. The molecule has 0 aliphatic heterocycles. The lowest BCUT2D eigenvalue weighted by molar-refractivity contribution is 0.298. The molecule has 3 heteroatoms. The molecule has 1 N–H and O–H groups in total. The van der Waals surface area contributed by atoms with E-state index in [4.69, 9.17) is 16.3 Å². The van der Waals surface area contributed by atoms with Gasteiger partial charge in [-0.05, 0) is 32.4 Å². The number of halogens is 1. The summed E-state index contributed by atoms with van der Waals surface area (Å²) in [5.41, 5.74) is 2.28. The van der Waals surface area contributed by atoms with Gasteiger partial charge in [-0.15, -0.1) is 0 Å². The van der Waals surface area contributed by atoms with E-state index in [1.54, 1.807) is 0 Å². The summed E-state index contributed by atoms with van der Waals surface area (Å²) in [5, 5.41) is 4.31. The largest absolute Gasteiger partial charge is 0.489 e. The fourth-order valence-corrected chi connectivity index (χ4v) is 2.21. The van der Waals surface area contributed by atoms with E-state index >= 15 is 0 Å². The molecule has 0 fully saturated rings. The summed E-state index contributed by atoms with van der Waals surface area (Å²) < 4.78 is 5.98. The monoisotopic (exact) mass is 317 g/mol. The second-order valence-electron chi connectivity index (χ2n) is 6.08. The van der Waals surface area contributed by atoms with Gasteiger partial charge < -0.3 is 10.1 Å². The minimum Gasteiger partial charge on any atom is -0.489 e. The van der Waals surface area contributed by atoms with E-state index in [1.807, 2.05) is 42.5 Å². The molecular formula is C19H24ClNO. The molecule has 0 heterocycles. The maximum Gasteiger partial charge on any atom is 0.124 e. The van der Waals surface area contributed by atoms with Gasteiger partial charge in [0.2, 0.25) is 0 Å². The minimum atomic E-state index is 0.121. The van der Waals surface area contributed by atoms with Crippen LogP contribution in [0.2, 0.25) is 5.02 Å². The van der Waals surface area contributed by atoms with Gasteiger partial charge in [0.05, 0.1) is 0 Å². The van der Waals surface area contributed by atoms with Crippen LogP contribution < -0.4 is 10.1 Å². The van der Waals surface area contributed by atoms with Crippen molar-refractivity contribution in [2.75, 3.05) is 0 Å². The van der Waals surface area contributed by atoms with Crippen molar-refractivity contribution in [3.8, 4) is 5.75 Å². The van der Waals surface area contributed by atoms with E-state index in [9.17, 15) is 0 Å². The predicted octanol–water partition coefficient (Wildman–Crippen LogP) is 5.20. The Kier molecular flexibility index (Phi) is 5.87. The van der Waals surface area contributed by atoms with Crippen LogP contribution in [-0.2, 0) is 13.2 Å². The maximum atomic E-state index is 6.18. The quantitative estimate of drug-likeness (QED) is 0.758. The van der Waals surface area contributed by atoms with E-state index < -0.39 is 0 Å². The molecule has 0 spiro atoms. The summed E-state index contributed by atoms with van der Waals surface area (Å²) in [6.07, 6.45) is 1.08. The molecule has 0 saturated carbocycles. The molecule has 2 aromatic carbocycles. The van der Waals surface area contributed by atoms with Crippen LogP contribution in [-0.4, -0.2) is 5.54 Å². The van der Waals surface area contributed by atoms with Gasteiger partial charge >= 0.3 is 0 Å². The van der Waals surface area contributed by atoms with Crippen LogP contribution >= 0.6 is 11.6 Å². The Morgan fingerprint density at radius 3 is 2.32 bits per heavy atom. The van der Waals surface area contributed by atoms with Crippen molar-refractivity contribution in [3.05, 3.63) is 64.7 Å². The lowest BCUT2D eigenvalue weighted by atomic mass is 10.0. The SMILES string of the molecule is CCC(C)(C)NCc1ccccc1OCc1ccccc1Cl. The molecule has 118 valence electrons. The van der Waals surface area contributed by atoms with E-state index in [-0.39, 0.29) is 5.54 Å². The highest BCUT2D eigenvalue weighted by atomic mass is 35.5. The van der Waals surface area contributed by atoms with E-state index in [1.165, 1.54) is 0 Å². The number of hydrogen-bond donors (Lipinski definition) is 1. The Bertz CT molecular complexity index is 610. The average molecular weight is 318 g/mol. The third-order valence-electron chi connectivity index (χ3n) is 3.95. The fraction of sp³-hybridized carbons (Fsp3) is 0.368. The molecular weight excluding hydrogens is 294 g/mol. The molecule has 2 aromatic rings. The molecule has 22 heavy (non-hydrogen) atoms. The van der Waals surface area contributed by atoms with Crippen LogP contribution in [0.3, 0.4) is 0 Å². The van der Waals surface area contributed by atoms with Crippen LogP contribution in [0.1, 0.15) is 38.3 Å². The fourth-order valence-electron chi connectivity index (χ4n) is 2.02. The van der Waals surface area contributed by atoms with Crippen molar-refractivity contribution in [3.63, 3.8) is 0 Å². The van der Waals surface area contributed by atoms with Gasteiger partial charge in [-0.25, -0.2) is 0 Å². The van der Waals surface area contributed by atoms with E-state index in [0.29, 0.717) is 6.61 Å². The van der Waals surface area contributed by atoms with Crippen LogP contribution in [0.25, 0.3) is 0 Å². The van der Waals surface area contributed by atoms with Crippen LogP contribution in [0.4, 0.5) is 0 Å². The molecule has 0 aliphatic carbocycles. The van der Waals surface area contributed by atoms with Gasteiger partial charge in [0, 0.05) is 28.2 Å². The Hall–Kier alpha value is -1.51. The van der Waals surface area contributed by atoms with Crippen molar-refractivity contribution in [2.45, 2.75) is 45.9 Å². The summed E-state index contributed by atoms with van der Waals surface area (Å²) in [6, 6.07) is 15.9. The predicted molar refractivity (Wildman–Crippen MR) is 93.4 cm³/mol. The lowest BCUT2D eigenvalue weighted by Gasteiger charge is -2.25. The maximum absolute atomic E-state index is 6.18. The molecule has 2 rings (SSSR count). The van der Waals surface area contributed by atoms with Gasteiger partial charge in [-0.2, -0.15) is 0 Å². The van der Waals surface area contributed by atoms with Crippen molar-refractivity contribution in [1.82, 2.24) is 5.32 Å². The highest BCUT2D eigenvalue weighted by Gasteiger charge is 2.14. The van der Waals surface area contributed by atoms with Crippen molar-refractivity contribution in [1.29, 1.82) is 0 Å². The van der Waals surface area contributed by atoms with Crippen molar-refractivity contribution >= 4 is 11.6 Å². The molecule has 0 amide bonds. The number of ether oxygens (including phenoxy) is 1. The van der Waals surface area contributed by atoms with E-state index in [2.05, 4.69) is 32.2 Å². The van der Waals surface area contributed by atoms with Gasteiger partial charge in [0.15, 0.2) is 0 Å². The number of hydrogen-bond acceptors (Lipinski definition) is 2. The Balaban J connectivity index is 2.04. The zero-order valence-electron chi connectivity index (χ0n) is 13.5. The molecule has 0 aliphatic rings. The first-order valence-corrected chi connectivity index (χ1v) is 8.09. The highest BCUT2D eigenvalue weighted by molar-refractivity contribution is 6.31. The second-order valence-corrected chi connectivity index (χ2v) is 6.49. The third kappa shape index (κ3) is 4.75. The number of para-hydroxylation sites is 1. The normalized spacial score (nSPS) is 11.5. The van der Waals surface area contributed by atoms with Crippen LogP contribution in [0, 0.1) is 0 Å². The zero-order valence-corrected chi connectivity index (χ0v) is 14.3. The van der Waals surface area contributed by atoms with Gasteiger partial charge in [-0.1, -0.05) is 54.9 Å². The molecule has 0 atom stereocenters. The molecule has 2 nitrogen and oxygen atoms in total.